The van der Waals surface area contributed by atoms with E-state index in [4.69, 9.17) is 0 Å². The van der Waals surface area contributed by atoms with Crippen LogP contribution in [0.5, 0.6) is 0 Å². The molecule has 0 radical (unpaired) electrons. The molecule has 46 heavy (non-hydrogen) atoms. The Balaban J connectivity index is 1.41. The molecule has 7 rings (SSSR count). The fraction of sp³-hybridized carbons (Fsp3) is 0.349. The lowest BCUT2D eigenvalue weighted by molar-refractivity contribution is 0.183. The smallest absolute Gasteiger partial charge is 0.0127 e. The standard InChI is InChI=1S/C43H49N3/c1-5-44(6-2)27-29-46(30-28-45(7-3)8-4)26-25-39-40-35-21-13-9-17-31(35)33-19-11-15-23-37(33)42(40)43-38-24-16-12-20-34(38)32-18-10-14-22-36(32)41(39)43/h9-24,39H,5-8,25-30H2,1-4H3. The summed E-state index contributed by atoms with van der Waals surface area (Å²) in [6.07, 6.45) is 1.11. The molecule has 0 atom stereocenters. The number of benzene rings is 6. The Morgan fingerprint density at radius 2 is 0.674 bits per heavy atom. The lowest BCUT2D eigenvalue weighted by Gasteiger charge is -2.30. The third-order valence-electron chi connectivity index (χ3n) is 10.9. The minimum atomic E-state index is 0.332. The van der Waals surface area contributed by atoms with Crippen LogP contribution in [0.15, 0.2) is 97.1 Å². The number of likely N-dealkylation sites (N-methyl/N-ethyl adjacent to an activating group) is 2. The molecule has 0 heterocycles. The van der Waals surface area contributed by atoms with Crippen LogP contribution >= 0.6 is 0 Å². The van der Waals surface area contributed by atoms with Crippen molar-refractivity contribution in [2.75, 3.05) is 58.9 Å². The molecule has 0 aliphatic heterocycles. The van der Waals surface area contributed by atoms with Crippen molar-refractivity contribution in [3.63, 3.8) is 0 Å². The molecule has 0 spiro atoms. The Bertz CT molecular complexity index is 1840. The number of fused-ring (bicyclic) bond motifs is 13. The fourth-order valence-corrected chi connectivity index (χ4v) is 8.33. The van der Waals surface area contributed by atoms with Crippen LogP contribution in [0.4, 0.5) is 0 Å². The molecule has 0 amide bonds. The fourth-order valence-electron chi connectivity index (χ4n) is 8.33. The van der Waals surface area contributed by atoms with Crippen molar-refractivity contribution < 1.29 is 0 Å². The topological polar surface area (TPSA) is 9.72 Å². The second kappa shape index (κ2) is 13.5. The van der Waals surface area contributed by atoms with E-state index < -0.39 is 0 Å². The Morgan fingerprint density at radius 3 is 1.04 bits per heavy atom. The number of rotatable bonds is 13. The van der Waals surface area contributed by atoms with Crippen molar-refractivity contribution in [1.29, 1.82) is 0 Å². The normalized spacial score (nSPS) is 13.3. The molecule has 0 saturated carbocycles. The summed E-state index contributed by atoms with van der Waals surface area (Å²) < 4.78 is 0. The van der Waals surface area contributed by atoms with Gasteiger partial charge in [0, 0.05) is 32.1 Å². The molecule has 0 fully saturated rings. The minimum absolute atomic E-state index is 0.332. The van der Waals surface area contributed by atoms with Crippen molar-refractivity contribution in [2.45, 2.75) is 40.0 Å². The molecule has 236 valence electrons. The van der Waals surface area contributed by atoms with Crippen LogP contribution < -0.4 is 0 Å². The van der Waals surface area contributed by atoms with Crippen molar-refractivity contribution in [3.8, 4) is 11.1 Å². The van der Waals surface area contributed by atoms with E-state index in [1.165, 1.54) is 54.2 Å². The van der Waals surface area contributed by atoms with Gasteiger partial charge in [-0.1, -0.05) is 125 Å². The summed E-state index contributed by atoms with van der Waals surface area (Å²) in [6.45, 7) is 19.2. The molecule has 0 N–H and O–H groups in total. The first-order valence-electron chi connectivity index (χ1n) is 17.7. The van der Waals surface area contributed by atoms with Gasteiger partial charge in [-0.2, -0.15) is 0 Å². The molecule has 1 aliphatic rings. The van der Waals surface area contributed by atoms with E-state index in [2.05, 4.69) is 139 Å². The summed E-state index contributed by atoms with van der Waals surface area (Å²) in [5.74, 6) is 0.332. The van der Waals surface area contributed by atoms with Crippen LogP contribution in [-0.2, 0) is 0 Å². The summed E-state index contributed by atoms with van der Waals surface area (Å²) in [5, 5.41) is 11.1. The van der Waals surface area contributed by atoms with Gasteiger partial charge in [0.25, 0.3) is 0 Å². The van der Waals surface area contributed by atoms with Crippen LogP contribution in [0.3, 0.4) is 0 Å². The van der Waals surface area contributed by atoms with Gasteiger partial charge >= 0.3 is 0 Å². The minimum Gasteiger partial charge on any atom is -0.303 e. The highest BCUT2D eigenvalue weighted by Crippen LogP contribution is 2.57. The van der Waals surface area contributed by atoms with Gasteiger partial charge in [0.05, 0.1) is 0 Å². The highest BCUT2D eigenvalue weighted by molar-refractivity contribution is 6.25. The average Bonchev–Trinajstić information content (AvgIpc) is 3.47. The maximum Gasteiger partial charge on any atom is 0.0127 e. The van der Waals surface area contributed by atoms with E-state index in [1.54, 1.807) is 11.1 Å². The first kappa shape index (κ1) is 30.9. The first-order chi connectivity index (χ1) is 22.7. The Labute approximate surface area is 275 Å². The monoisotopic (exact) mass is 607 g/mol. The largest absolute Gasteiger partial charge is 0.303 e. The molecule has 0 saturated heterocycles. The van der Waals surface area contributed by atoms with Gasteiger partial charge in [0.15, 0.2) is 0 Å². The summed E-state index contributed by atoms with van der Waals surface area (Å²) >= 11 is 0. The van der Waals surface area contributed by atoms with Crippen LogP contribution in [-0.4, -0.2) is 73.6 Å². The molecule has 0 aromatic heterocycles. The summed E-state index contributed by atoms with van der Waals surface area (Å²) in [6, 6.07) is 36.7. The summed E-state index contributed by atoms with van der Waals surface area (Å²) in [4.78, 5) is 7.91. The van der Waals surface area contributed by atoms with E-state index in [0.717, 1.165) is 65.3 Å². The van der Waals surface area contributed by atoms with E-state index in [-0.39, 0.29) is 0 Å². The average molecular weight is 608 g/mol. The number of hydrogen-bond acceptors (Lipinski definition) is 3. The Morgan fingerprint density at radius 1 is 0.370 bits per heavy atom. The van der Waals surface area contributed by atoms with E-state index >= 15 is 0 Å². The SMILES string of the molecule is CCN(CC)CCN(CCC1c2c(c3ccccc3c3ccccc23)-c2c1c1ccccc1c1ccccc21)CCN(CC)CC. The molecule has 3 heteroatoms. The lowest BCUT2D eigenvalue weighted by atomic mass is 9.85. The predicted octanol–water partition coefficient (Wildman–Crippen LogP) is 9.79. The van der Waals surface area contributed by atoms with Gasteiger partial charge in [-0.05, 0) is 104 Å². The zero-order chi connectivity index (χ0) is 31.6. The summed E-state index contributed by atoms with van der Waals surface area (Å²) in [7, 11) is 0. The number of nitrogens with zero attached hydrogens (tertiary/aromatic N) is 3. The van der Waals surface area contributed by atoms with Crippen LogP contribution in [0.1, 0.15) is 51.2 Å². The van der Waals surface area contributed by atoms with Gasteiger partial charge < -0.3 is 14.7 Å². The quantitative estimate of drug-likeness (QED) is 0.121. The molecule has 6 aromatic carbocycles. The van der Waals surface area contributed by atoms with Crippen molar-refractivity contribution >= 4 is 43.1 Å². The third-order valence-corrected chi connectivity index (χ3v) is 10.9. The molecular weight excluding hydrogens is 558 g/mol. The predicted molar refractivity (Wildman–Crippen MR) is 200 cm³/mol. The second-order valence-corrected chi connectivity index (χ2v) is 13.0. The van der Waals surface area contributed by atoms with E-state index in [0.29, 0.717) is 5.92 Å². The zero-order valence-electron chi connectivity index (χ0n) is 28.2. The van der Waals surface area contributed by atoms with Crippen LogP contribution in [0.25, 0.3) is 54.2 Å². The molecule has 0 bridgehead atoms. The van der Waals surface area contributed by atoms with Crippen molar-refractivity contribution in [2.24, 2.45) is 0 Å². The third kappa shape index (κ3) is 5.39. The molecule has 1 aliphatic carbocycles. The summed E-state index contributed by atoms with van der Waals surface area (Å²) in [5.41, 5.74) is 6.01. The second-order valence-electron chi connectivity index (χ2n) is 13.0. The molecule has 0 unspecified atom stereocenters. The number of hydrogen-bond donors (Lipinski definition) is 0. The lowest BCUT2D eigenvalue weighted by Crippen LogP contribution is -2.40. The Hall–Kier alpha value is -3.76. The maximum absolute atomic E-state index is 2.76. The highest BCUT2D eigenvalue weighted by atomic mass is 15.2. The van der Waals surface area contributed by atoms with Gasteiger partial charge in [-0.3, -0.25) is 0 Å². The molecule has 6 aromatic rings. The van der Waals surface area contributed by atoms with Gasteiger partial charge in [-0.15, -0.1) is 0 Å². The van der Waals surface area contributed by atoms with Gasteiger partial charge in [0.1, 0.15) is 0 Å². The van der Waals surface area contributed by atoms with Crippen LogP contribution in [0.2, 0.25) is 0 Å². The van der Waals surface area contributed by atoms with E-state index in [9.17, 15) is 0 Å². The highest BCUT2D eigenvalue weighted by Gasteiger charge is 2.35. The van der Waals surface area contributed by atoms with E-state index in [1.807, 2.05) is 0 Å². The van der Waals surface area contributed by atoms with Crippen LogP contribution in [0, 0.1) is 0 Å². The molecular formula is C43H49N3. The van der Waals surface area contributed by atoms with Gasteiger partial charge in [0.2, 0.25) is 0 Å². The molecule has 3 nitrogen and oxygen atoms in total. The van der Waals surface area contributed by atoms with Gasteiger partial charge in [-0.25, -0.2) is 0 Å². The zero-order valence-corrected chi connectivity index (χ0v) is 28.2. The Kier molecular flexibility index (Phi) is 9.08. The maximum atomic E-state index is 2.76. The first-order valence-corrected chi connectivity index (χ1v) is 17.7. The van der Waals surface area contributed by atoms with Crippen molar-refractivity contribution in [1.82, 2.24) is 14.7 Å². The van der Waals surface area contributed by atoms with Crippen molar-refractivity contribution in [3.05, 3.63) is 108 Å².